The van der Waals surface area contributed by atoms with Crippen LogP contribution in [0.4, 0.5) is 0 Å². The highest BCUT2D eigenvalue weighted by atomic mass is 16.3. The lowest BCUT2D eigenvalue weighted by molar-refractivity contribution is 0.464. The summed E-state index contributed by atoms with van der Waals surface area (Å²) in [5.41, 5.74) is 12.2. The highest BCUT2D eigenvalue weighted by Crippen LogP contribution is 2.39. The molecule has 0 atom stereocenters. The van der Waals surface area contributed by atoms with Crippen molar-refractivity contribution in [3.63, 3.8) is 0 Å². The number of hydrogen-bond donors (Lipinski definition) is 4. The van der Waals surface area contributed by atoms with Crippen molar-refractivity contribution in [2.75, 3.05) is 0 Å². The predicted molar refractivity (Wildman–Crippen MR) is 200 cm³/mol. The van der Waals surface area contributed by atoms with Gasteiger partial charge in [0.1, 0.15) is 23.0 Å². The summed E-state index contributed by atoms with van der Waals surface area (Å²) in [6.07, 6.45) is 11.7. The van der Waals surface area contributed by atoms with Gasteiger partial charge in [-0.15, -0.1) is 0 Å². The molecule has 0 fully saturated rings. The number of aromatic hydroxyl groups is 4. The van der Waals surface area contributed by atoms with Gasteiger partial charge in [0.2, 0.25) is 0 Å². The summed E-state index contributed by atoms with van der Waals surface area (Å²) in [6.45, 7) is 15.8. The Kier molecular flexibility index (Phi) is 12.7. The normalized spacial score (nSPS) is 11.6. The molecule has 0 unspecified atom stereocenters. The van der Waals surface area contributed by atoms with Crippen molar-refractivity contribution in [3.05, 3.63) is 115 Å². The molecule has 4 nitrogen and oxygen atoms in total. The van der Waals surface area contributed by atoms with Crippen molar-refractivity contribution in [2.45, 2.75) is 131 Å². The van der Waals surface area contributed by atoms with Crippen molar-refractivity contribution in [2.24, 2.45) is 0 Å². The van der Waals surface area contributed by atoms with Gasteiger partial charge in [-0.1, -0.05) is 99.9 Å². The standard InChI is InChI=1S/C44H58O4/c1-27-19-35(20-28(2)41(27)45)39(36-21-29(3)42(46)30(4)22-36)17-15-13-11-9-10-12-14-16-18-40(37-23-31(5)43(47)32(6)24-37)38-25-33(7)44(48)34(8)26-38/h19-26,39-40,45-48H,9-18H2,1-8H3. The molecule has 4 aromatic rings. The van der Waals surface area contributed by atoms with E-state index in [0.29, 0.717) is 23.0 Å². The topological polar surface area (TPSA) is 80.9 Å². The fourth-order valence-electron chi connectivity index (χ4n) is 7.57. The van der Waals surface area contributed by atoms with Crippen molar-refractivity contribution < 1.29 is 20.4 Å². The Morgan fingerprint density at radius 3 is 0.667 bits per heavy atom. The molecule has 0 aliphatic carbocycles. The third-order valence-electron chi connectivity index (χ3n) is 10.4. The van der Waals surface area contributed by atoms with Gasteiger partial charge < -0.3 is 20.4 Å². The molecule has 4 N–H and O–H groups in total. The van der Waals surface area contributed by atoms with E-state index in [2.05, 4.69) is 48.5 Å². The van der Waals surface area contributed by atoms with Crippen LogP contribution in [-0.2, 0) is 0 Å². The molecule has 258 valence electrons. The third-order valence-corrected chi connectivity index (χ3v) is 10.4. The van der Waals surface area contributed by atoms with Crippen LogP contribution < -0.4 is 0 Å². The fraction of sp³-hybridized carbons (Fsp3) is 0.455. The van der Waals surface area contributed by atoms with Crippen LogP contribution in [0.2, 0.25) is 0 Å². The number of rotatable bonds is 15. The van der Waals surface area contributed by atoms with Crippen LogP contribution in [0.1, 0.15) is 143 Å². The lowest BCUT2D eigenvalue weighted by Crippen LogP contribution is -2.04. The SMILES string of the molecule is Cc1cc(C(CCCCCCCCCCC(c2cc(C)c(O)c(C)c2)c2cc(C)c(O)c(C)c2)c2cc(C)c(O)c(C)c2)cc(C)c1O. The average molecular weight is 651 g/mol. The molecule has 0 aliphatic rings. The summed E-state index contributed by atoms with van der Waals surface area (Å²) in [7, 11) is 0. The van der Waals surface area contributed by atoms with Crippen LogP contribution in [0.5, 0.6) is 23.0 Å². The molecule has 0 radical (unpaired) electrons. The molecular weight excluding hydrogens is 592 g/mol. The number of unbranched alkanes of at least 4 members (excludes halogenated alkanes) is 7. The van der Waals surface area contributed by atoms with E-state index < -0.39 is 0 Å². The van der Waals surface area contributed by atoms with E-state index in [4.69, 9.17) is 0 Å². The Bertz CT molecular complexity index is 1380. The molecule has 0 saturated carbocycles. The second-order valence-corrected chi connectivity index (χ2v) is 14.5. The first-order valence-electron chi connectivity index (χ1n) is 18.0. The summed E-state index contributed by atoms with van der Waals surface area (Å²) < 4.78 is 0. The molecule has 48 heavy (non-hydrogen) atoms. The third kappa shape index (κ3) is 8.95. The van der Waals surface area contributed by atoms with Crippen LogP contribution in [0.15, 0.2) is 48.5 Å². The van der Waals surface area contributed by atoms with Crippen molar-refractivity contribution in [1.29, 1.82) is 0 Å². The number of aryl methyl sites for hydroxylation is 8. The van der Waals surface area contributed by atoms with Gasteiger partial charge in [0.15, 0.2) is 0 Å². The maximum Gasteiger partial charge on any atom is 0.121 e. The highest BCUT2D eigenvalue weighted by molar-refractivity contribution is 5.50. The molecular formula is C44H58O4. The zero-order chi connectivity index (χ0) is 35.1. The number of phenolic OH excluding ortho intramolecular Hbond substituents is 4. The Balaban J connectivity index is 1.29. The molecule has 0 aliphatic heterocycles. The van der Waals surface area contributed by atoms with E-state index in [1.807, 2.05) is 55.4 Å². The molecule has 4 rings (SSSR count). The average Bonchev–Trinajstić information content (AvgIpc) is 3.03. The van der Waals surface area contributed by atoms with Gasteiger partial charge in [-0.2, -0.15) is 0 Å². The summed E-state index contributed by atoms with van der Waals surface area (Å²) in [4.78, 5) is 0. The van der Waals surface area contributed by atoms with Gasteiger partial charge in [-0.3, -0.25) is 0 Å². The van der Waals surface area contributed by atoms with E-state index >= 15 is 0 Å². The quantitative estimate of drug-likeness (QED) is 0.0965. The lowest BCUT2D eigenvalue weighted by atomic mass is 9.83. The fourth-order valence-corrected chi connectivity index (χ4v) is 7.57. The number of hydrogen-bond acceptors (Lipinski definition) is 4. The van der Waals surface area contributed by atoms with Crippen LogP contribution in [0, 0.1) is 55.4 Å². The minimum Gasteiger partial charge on any atom is -0.507 e. The van der Waals surface area contributed by atoms with E-state index in [-0.39, 0.29) is 11.8 Å². The lowest BCUT2D eigenvalue weighted by Gasteiger charge is -2.22. The second kappa shape index (κ2) is 16.5. The van der Waals surface area contributed by atoms with Gasteiger partial charge in [0, 0.05) is 11.8 Å². The first kappa shape index (κ1) is 36.9. The maximum absolute atomic E-state index is 10.4. The van der Waals surface area contributed by atoms with Crippen LogP contribution in [0.25, 0.3) is 0 Å². The Labute approximate surface area is 289 Å². The highest BCUT2D eigenvalue weighted by Gasteiger charge is 2.20. The largest absolute Gasteiger partial charge is 0.507 e. The number of phenols is 4. The Morgan fingerprint density at radius 2 is 0.479 bits per heavy atom. The molecule has 4 aromatic carbocycles. The van der Waals surface area contributed by atoms with E-state index in [0.717, 1.165) is 70.2 Å². The molecule has 0 heterocycles. The minimum atomic E-state index is 0.233. The summed E-state index contributed by atoms with van der Waals surface area (Å²) >= 11 is 0. The van der Waals surface area contributed by atoms with Crippen LogP contribution >= 0.6 is 0 Å². The van der Waals surface area contributed by atoms with Gasteiger partial charge in [-0.25, -0.2) is 0 Å². The number of benzene rings is 4. The predicted octanol–water partition coefficient (Wildman–Crippen LogP) is 11.8. The molecule has 0 spiro atoms. The van der Waals surface area contributed by atoms with Crippen molar-refractivity contribution in [1.82, 2.24) is 0 Å². The molecule has 0 aromatic heterocycles. The summed E-state index contributed by atoms with van der Waals surface area (Å²) in [5.74, 6) is 1.97. The molecule has 0 bridgehead atoms. The van der Waals surface area contributed by atoms with Crippen LogP contribution in [-0.4, -0.2) is 20.4 Å². The summed E-state index contributed by atoms with van der Waals surface area (Å²) in [5, 5.41) is 41.6. The van der Waals surface area contributed by atoms with Gasteiger partial charge in [0.05, 0.1) is 0 Å². The Morgan fingerprint density at radius 1 is 0.312 bits per heavy atom. The molecule has 0 amide bonds. The van der Waals surface area contributed by atoms with E-state index in [1.165, 1.54) is 60.8 Å². The maximum atomic E-state index is 10.4. The monoisotopic (exact) mass is 650 g/mol. The second-order valence-electron chi connectivity index (χ2n) is 14.5. The Hall–Kier alpha value is -3.92. The van der Waals surface area contributed by atoms with Crippen LogP contribution in [0.3, 0.4) is 0 Å². The van der Waals surface area contributed by atoms with Crippen molar-refractivity contribution in [3.8, 4) is 23.0 Å². The smallest absolute Gasteiger partial charge is 0.121 e. The van der Waals surface area contributed by atoms with E-state index in [9.17, 15) is 20.4 Å². The van der Waals surface area contributed by atoms with E-state index in [1.54, 1.807) is 0 Å². The van der Waals surface area contributed by atoms with Crippen molar-refractivity contribution >= 4 is 0 Å². The minimum absolute atomic E-state index is 0.233. The summed E-state index contributed by atoms with van der Waals surface area (Å²) in [6, 6.07) is 17.0. The zero-order valence-corrected chi connectivity index (χ0v) is 30.6. The zero-order valence-electron chi connectivity index (χ0n) is 30.6. The van der Waals surface area contributed by atoms with Gasteiger partial charge in [-0.05, 0) is 135 Å². The molecule has 4 heteroatoms. The first-order valence-corrected chi connectivity index (χ1v) is 18.0. The molecule has 0 saturated heterocycles. The first-order chi connectivity index (χ1) is 22.8. The van der Waals surface area contributed by atoms with Gasteiger partial charge >= 0.3 is 0 Å². The van der Waals surface area contributed by atoms with Gasteiger partial charge in [0.25, 0.3) is 0 Å².